The molecule has 0 aliphatic carbocycles. The molecular weight excluding hydrogens is 200 g/mol. The summed E-state index contributed by atoms with van der Waals surface area (Å²) < 4.78 is 0. The summed E-state index contributed by atoms with van der Waals surface area (Å²) in [5.74, 6) is 0.346. The third kappa shape index (κ3) is 1.77. The molecule has 0 aromatic heterocycles. The molecule has 3 rings (SSSR count). The highest BCUT2D eigenvalue weighted by Crippen LogP contribution is 2.22. The lowest BCUT2D eigenvalue weighted by Crippen LogP contribution is -2.51. The van der Waals surface area contributed by atoms with Crippen molar-refractivity contribution in [1.82, 2.24) is 10.2 Å². The van der Waals surface area contributed by atoms with E-state index in [1.807, 2.05) is 0 Å². The average Bonchev–Trinajstić information content (AvgIpc) is 2.56. The van der Waals surface area contributed by atoms with Gasteiger partial charge in [0.15, 0.2) is 5.78 Å². The number of benzene rings is 1. The number of Topliss-reactive ketones (excluding diaryl/α,β-unsaturated/α-hetero) is 1. The van der Waals surface area contributed by atoms with Crippen molar-refractivity contribution in [3.05, 3.63) is 35.4 Å². The van der Waals surface area contributed by atoms with Crippen molar-refractivity contribution in [2.45, 2.75) is 25.6 Å². The van der Waals surface area contributed by atoms with Crippen LogP contribution in [0.4, 0.5) is 0 Å². The number of nitrogens with one attached hydrogen (secondary N) is 1. The Bertz CT molecular complexity index is 387. The van der Waals surface area contributed by atoms with E-state index in [0.717, 1.165) is 26.1 Å². The van der Waals surface area contributed by atoms with Gasteiger partial charge in [-0.15, -0.1) is 0 Å². The molecule has 2 aliphatic heterocycles. The standard InChI is InChI=1S/C13H16N2O/c16-13(12-5-6-14-12)9-15-7-10-3-1-2-4-11(10)8-15/h1-4,12,14H,5-9H2. The fraction of sp³-hybridized carbons (Fsp3) is 0.462. The predicted molar refractivity (Wildman–Crippen MR) is 62.0 cm³/mol. The van der Waals surface area contributed by atoms with Crippen LogP contribution in [0.25, 0.3) is 0 Å². The van der Waals surface area contributed by atoms with Crippen molar-refractivity contribution in [3.63, 3.8) is 0 Å². The van der Waals surface area contributed by atoms with Gasteiger partial charge in [-0.2, -0.15) is 0 Å². The van der Waals surface area contributed by atoms with Crippen molar-refractivity contribution >= 4 is 5.78 Å². The molecule has 1 aromatic rings. The van der Waals surface area contributed by atoms with Crippen molar-refractivity contribution in [3.8, 4) is 0 Å². The van der Waals surface area contributed by atoms with E-state index in [4.69, 9.17) is 0 Å². The van der Waals surface area contributed by atoms with Crippen molar-refractivity contribution in [1.29, 1.82) is 0 Å². The first-order valence-corrected chi connectivity index (χ1v) is 5.88. The lowest BCUT2D eigenvalue weighted by atomic mass is 10.0. The molecule has 84 valence electrons. The van der Waals surface area contributed by atoms with Crippen LogP contribution in [0.3, 0.4) is 0 Å². The second-order valence-electron chi connectivity index (χ2n) is 4.68. The van der Waals surface area contributed by atoms with E-state index >= 15 is 0 Å². The molecule has 1 N–H and O–H groups in total. The summed E-state index contributed by atoms with van der Waals surface area (Å²) in [4.78, 5) is 14.1. The average molecular weight is 216 g/mol. The summed E-state index contributed by atoms with van der Waals surface area (Å²) in [6.45, 7) is 3.44. The van der Waals surface area contributed by atoms with Gasteiger partial charge < -0.3 is 5.32 Å². The van der Waals surface area contributed by atoms with Gasteiger partial charge in [0, 0.05) is 13.1 Å². The summed E-state index contributed by atoms with van der Waals surface area (Å²) in [5, 5.41) is 3.16. The molecule has 16 heavy (non-hydrogen) atoms. The molecule has 1 aromatic carbocycles. The van der Waals surface area contributed by atoms with Gasteiger partial charge in [0.1, 0.15) is 0 Å². The molecule has 2 heterocycles. The lowest BCUT2D eigenvalue weighted by Gasteiger charge is -2.27. The van der Waals surface area contributed by atoms with Gasteiger partial charge in [0.2, 0.25) is 0 Å². The van der Waals surface area contributed by atoms with Crippen LogP contribution in [0.5, 0.6) is 0 Å². The molecule has 1 fully saturated rings. The van der Waals surface area contributed by atoms with Crippen LogP contribution < -0.4 is 5.32 Å². The zero-order valence-corrected chi connectivity index (χ0v) is 9.28. The quantitative estimate of drug-likeness (QED) is 0.816. The topological polar surface area (TPSA) is 32.3 Å². The maximum atomic E-state index is 11.8. The van der Waals surface area contributed by atoms with E-state index < -0.39 is 0 Å². The Morgan fingerprint density at radius 2 is 1.94 bits per heavy atom. The van der Waals surface area contributed by atoms with Crippen LogP contribution in [0.15, 0.2) is 24.3 Å². The molecular formula is C13H16N2O. The van der Waals surface area contributed by atoms with Gasteiger partial charge in [0.05, 0.1) is 12.6 Å². The van der Waals surface area contributed by atoms with Gasteiger partial charge in [-0.1, -0.05) is 24.3 Å². The fourth-order valence-electron chi connectivity index (χ4n) is 2.41. The largest absolute Gasteiger partial charge is 0.307 e. The Hall–Kier alpha value is -1.19. The Morgan fingerprint density at radius 1 is 1.31 bits per heavy atom. The second kappa shape index (κ2) is 4.00. The van der Waals surface area contributed by atoms with Crippen LogP contribution in [-0.4, -0.2) is 29.8 Å². The predicted octanol–water partition coefficient (Wildman–Crippen LogP) is 0.933. The third-order valence-corrected chi connectivity index (χ3v) is 3.50. The highest BCUT2D eigenvalue weighted by atomic mass is 16.1. The fourth-order valence-corrected chi connectivity index (χ4v) is 2.41. The minimum Gasteiger partial charge on any atom is -0.307 e. The van der Waals surface area contributed by atoms with Gasteiger partial charge in [-0.25, -0.2) is 0 Å². The first-order valence-electron chi connectivity index (χ1n) is 5.88. The maximum absolute atomic E-state index is 11.8. The Labute approximate surface area is 95.4 Å². The number of nitrogens with zero attached hydrogens (tertiary/aromatic N) is 1. The minimum atomic E-state index is 0.128. The van der Waals surface area contributed by atoms with Crippen LogP contribution in [-0.2, 0) is 17.9 Å². The maximum Gasteiger partial charge on any atom is 0.163 e. The molecule has 1 atom stereocenters. The number of carbonyl (C=O) groups excluding carboxylic acids is 1. The van der Waals surface area contributed by atoms with Gasteiger partial charge in [-0.3, -0.25) is 9.69 Å². The zero-order chi connectivity index (χ0) is 11.0. The highest BCUT2D eigenvalue weighted by Gasteiger charge is 2.27. The first kappa shape index (κ1) is 10.00. The zero-order valence-electron chi connectivity index (χ0n) is 9.28. The normalized spacial score (nSPS) is 23.9. The molecule has 0 amide bonds. The number of ketones is 1. The van der Waals surface area contributed by atoms with E-state index in [2.05, 4.69) is 34.5 Å². The minimum absolute atomic E-state index is 0.128. The van der Waals surface area contributed by atoms with Crippen LogP contribution >= 0.6 is 0 Å². The summed E-state index contributed by atoms with van der Waals surface area (Å²) in [7, 11) is 0. The van der Waals surface area contributed by atoms with Crippen molar-refractivity contribution in [2.75, 3.05) is 13.1 Å². The molecule has 3 nitrogen and oxygen atoms in total. The van der Waals surface area contributed by atoms with E-state index in [1.54, 1.807) is 0 Å². The molecule has 0 saturated carbocycles. The molecule has 0 radical (unpaired) electrons. The third-order valence-electron chi connectivity index (χ3n) is 3.50. The monoisotopic (exact) mass is 216 g/mol. The van der Waals surface area contributed by atoms with E-state index in [0.29, 0.717) is 12.3 Å². The molecule has 1 unspecified atom stereocenters. The molecule has 0 bridgehead atoms. The number of fused-ring (bicyclic) bond motifs is 1. The van der Waals surface area contributed by atoms with Crippen LogP contribution in [0, 0.1) is 0 Å². The summed E-state index contributed by atoms with van der Waals surface area (Å²) >= 11 is 0. The van der Waals surface area contributed by atoms with Crippen molar-refractivity contribution < 1.29 is 4.79 Å². The van der Waals surface area contributed by atoms with E-state index in [-0.39, 0.29) is 6.04 Å². The Kier molecular flexibility index (Phi) is 2.50. The number of carbonyl (C=O) groups is 1. The molecule has 2 aliphatic rings. The van der Waals surface area contributed by atoms with Crippen molar-refractivity contribution in [2.24, 2.45) is 0 Å². The second-order valence-corrected chi connectivity index (χ2v) is 4.68. The number of hydrogen-bond donors (Lipinski definition) is 1. The Balaban J connectivity index is 1.61. The number of rotatable bonds is 3. The van der Waals surface area contributed by atoms with Crippen LogP contribution in [0.1, 0.15) is 17.5 Å². The highest BCUT2D eigenvalue weighted by molar-refractivity contribution is 5.86. The van der Waals surface area contributed by atoms with Gasteiger partial charge in [-0.05, 0) is 24.1 Å². The van der Waals surface area contributed by atoms with E-state index in [1.165, 1.54) is 11.1 Å². The lowest BCUT2D eigenvalue weighted by molar-refractivity contribution is -0.123. The van der Waals surface area contributed by atoms with Crippen LogP contribution in [0.2, 0.25) is 0 Å². The van der Waals surface area contributed by atoms with E-state index in [9.17, 15) is 4.79 Å². The van der Waals surface area contributed by atoms with Gasteiger partial charge >= 0.3 is 0 Å². The molecule has 3 heteroatoms. The summed E-state index contributed by atoms with van der Waals surface area (Å²) in [5.41, 5.74) is 2.74. The summed E-state index contributed by atoms with van der Waals surface area (Å²) in [6.07, 6.45) is 1.01. The SMILES string of the molecule is O=C(CN1Cc2ccccc2C1)C1CCN1. The van der Waals surface area contributed by atoms with Gasteiger partial charge in [0.25, 0.3) is 0 Å². The number of hydrogen-bond acceptors (Lipinski definition) is 3. The first-order chi connectivity index (χ1) is 7.83. The molecule has 1 saturated heterocycles. The molecule has 0 spiro atoms. The summed E-state index contributed by atoms with van der Waals surface area (Å²) in [6, 6.07) is 8.57. The Morgan fingerprint density at radius 3 is 2.44 bits per heavy atom. The smallest absolute Gasteiger partial charge is 0.163 e.